The Kier molecular flexibility index (Phi) is 7.39. The molecule has 0 saturated carbocycles. The Hall–Kier alpha value is -3.23. The summed E-state index contributed by atoms with van der Waals surface area (Å²) in [6.07, 6.45) is 6.48. The number of likely N-dealkylation sites (tertiary alicyclic amines) is 1. The highest BCUT2D eigenvalue weighted by Gasteiger charge is 2.23. The Labute approximate surface area is 205 Å². The Morgan fingerprint density at radius 3 is 3.06 bits per heavy atom. The fraction of sp³-hybridized carbons (Fsp3) is 0.444. The van der Waals surface area contributed by atoms with Crippen LogP contribution in [0.1, 0.15) is 36.9 Å². The van der Waals surface area contributed by atoms with Crippen molar-refractivity contribution in [3.05, 3.63) is 59.9 Å². The molecule has 1 fully saturated rings. The highest BCUT2D eigenvalue weighted by molar-refractivity contribution is 5.93. The summed E-state index contributed by atoms with van der Waals surface area (Å²) in [4.78, 5) is 23.5. The largest absolute Gasteiger partial charge is 0.480 e. The number of piperidine rings is 1. The molecule has 1 aromatic carbocycles. The first-order valence-electron chi connectivity index (χ1n) is 12.6. The number of rotatable bonds is 9. The average Bonchev–Trinajstić information content (AvgIpc) is 2.88. The summed E-state index contributed by atoms with van der Waals surface area (Å²) in [5, 5.41) is 18.2. The minimum atomic E-state index is -0.902. The smallest absolute Gasteiger partial charge is 0.326 e. The van der Waals surface area contributed by atoms with Gasteiger partial charge >= 0.3 is 5.97 Å². The number of fused-ring (bicyclic) bond motifs is 2. The van der Waals surface area contributed by atoms with E-state index < -0.39 is 12.0 Å². The Balaban J connectivity index is 1.13. The van der Waals surface area contributed by atoms with Crippen molar-refractivity contribution in [2.75, 3.05) is 36.9 Å². The zero-order chi connectivity index (χ0) is 24.0. The van der Waals surface area contributed by atoms with Crippen LogP contribution in [0.4, 0.5) is 11.6 Å². The number of nitrogens with one attached hydrogen (secondary N) is 2. The molecule has 3 aromatic rings. The van der Waals surface area contributed by atoms with E-state index in [2.05, 4.69) is 32.7 Å². The predicted molar refractivity (Wildman–Crippen MR) is 137 cm³/mol. The van der Waals surface area contributed by atoms with Gasteiger partial charge < -0.3 is 20.5 Å². The van der Waals surface area contributed by atoms with E-state index in [0.717, 1.165) is 74.1 Å². The van der Waals surface area contributed by atoms with Crippen LogP contribution < -0.4 is 10.6 Å². The van der Waals surface area contributed by atoms with Crippen LogP contribution in [-0.4, -0.2) is 64.3 Å². The molecule has 0 unspecified atom stereocenters. The number of benzene rings is 1. The van der Waals surface area contributed by atoms with Crippen LogP contribution in [0.3, 0.4) is 0 Å². The Morgan fingerprint density at radius 1 is 1.23 bits per heavy atom. The van der Waals surface area contributed by atoms with Crippen LogP contribution >= 0.6 is 0 Å². The Bertz CT molecular complexity index is 1170. The molecular formula is C27H33N5O3. The molecule has 8 heteroatoms. The third kappa shape index (κ3) is 5.89. The molecule has 4 heterocycles. The molecule has 2 aliphatic heterocycles. The SMILES string of the molecule is O=C(O)[C@H](CCO[C@@H]1CCCN(Cc2ccc3c(n2)NCCC3)C1)Nc1nccc2ccccc12. The van der Waals surface area contributed by atoms with Crippen molar-refractivity contribution in [2.45, 2.75) is 50.8 Å². The summed E-state index contributed by atoms with van der Waals surface area (Å²) in [7, 11) is 0. The lowest BCUT2D eigenvalue weighted by Crippen LogP contribution is -2.40. The fourth-order valence-corrected chi connectivity index (χ4v) is 4.99. The number of ether oxygens (including phenoxy) is 1. The van der Waals surface area contributed by atoms with Crippen LogP contribution in [0.25, 0.3) is 10.8 Å². The molecule has 0 spiro atoms. The molecule has 0 bridgehead atoms. The molecule has 35 heavy (non-hydrogen) atoms. The van der Waals surface area contributed by atoms with Crippen molar-refractivity contribution in [2.24, 2.45) is 0 Å². The molecule has 1 saturated heterocycles. The van der Waals surface area contributed by atoms with Gasteiger partial charge in [0.15, 0.2) is 0 Å². The topological polar surface area (TPSA) is 99.6 Å². The van der Waals surface area contributed by atoms with E-state index in [1.54, 1.807) is 6.20 Å². The average molecular weight is 476 g/mol. The quantitative estimate of drug-likeness (QED) is 0.428. The maximum absolute atomic E-state index is 11.9. The van der Waals surface area contributed by atoms with Crippen molar-refractivity contribution < 1.29 is 14.6 Å². The molecule has 0 amide bonds. The van der Waals surface area contributed by atoms with E-state index in [9.17, 15) is 9.90 Å². The first kappa shape index (κ1) is 23.5. The van der Waals surface area contributed by atoms with Crippen LogP contribution in [0.2, 0.25) is 0 Å². The standard InChI is InChI=1S/C27H33N5O3/c33-27(34)24(31-26-23-8-2-1-5-19(23)11-14-29-26)12-16-35-22-7-4-15-32(18-22)17-21-10-9-20-6-3-13-28-25(20)30-21/h1-2,5,8-11,14,22,24H,3-4,6-7,12-13,15-18H2,(H,28,30)(H,29,31)(H,33,34)/t22-,24+/m1/s1. The summed E-state index contributed by atoms with van der Waals surface area (Å²) < 4.78 is 6.15. The van der Waals surface area contributed by atoms with Gasteiger partial charge in [0, 0.05) is 44.2 Å². The molecule has 184 valence electrons. The molecule has 2 atom stereocenters. The van der Waals surface area contributed by atoms with Crippen molar-refractivity contribution in [1.82, 2.24) is 14.9 Å². The van der Waals surface area contributed by atoms with Gasteiger partial charge in [-0.2, -0.15) is 0 Å². The van der Waals surface area contributed by atoms with Crippen molar-refractivity contribution in [3.63, 3.8) is 0 Å². The number of aliphatic carboxylic acids is 1. The minimum Gasteiger partial charge on any atom is -0.480 e. The van der Waals surface area contributed by atoms with Gasteiger partial charge in [0.1, 0.15) is 17.7 Å². The number of carboxylic acids is 1. The third-order valence-electron chi connectivity index (χ3n) is 6.84. The summed E-state index contributed by atoms with van der Waals surface area (Å²) in [5.74, 6) is 0.721. The van der Waals surface area contributed by atoms with Crippen molar-refractivity contribution in [1.29, 1.82) is 0 Å². The number of carboxylic acid groups (broad SMARTS) is 1. The molecule has 0 radical (unpaired) electrons. The van der Waals surface area contributed by atoms with Gasteiger partial charge in [-0.15, -0.1) is 0 Å². The van der Waals surface area contributed by atoms with E-state index in [-0.39, 0.29) is 6.10 Å². The zero-order valence-corrected chi connectivity index (χ0v) is 19.9. The molecule has 5 rings (SSSR count). The zero-order valence-electron chi connectivity index (χ0n) is 19.9. The highest BCUT2D eigenvalue weighted by atomic mass is 16.5. The van der Waals surface area contributed by atoms with Gasteiger partial charge in [0.25, 0.3) is 0 Å². The first-order valence-corrected chi connectivity index (χ1v) is 12.6. The molecule has 8 nitrogen and oxygen atoms in total. The van der Waals surface area contributed by atoms with Crippen LogP contribution in [0.5, 0.6) is 0 Å². The molecular weight excluding hydrogens is 442 g/mol. The number of carbonyl (C=O) groups is 1. The Morgan fingerprint density at radius 2 is 2.14 bits per heavy atom. The summed E-state index contributed by atoms with van der Waals surface area (Å²) >= 11 is 0. The van der Waals surface area contributed by atoms with E-state index in [0.29, 0.717) is 18.8 Å². The van der Waals surface area contributed by atoms with E-state index >= 15 is 0 Å². The van der Waals surface area contributed by atoms with Crippen molar-refractivity contribution >= 4 is 28.4 Å². The summed E-state index contributed by atoms with van der Waals surface area (Å²) in [5.41, 5.74) is 2.39. The number of hydrogen-bond donors (Lipinski definition) is 3. The number of hydrogen-bond acceptors (Lipinski definition) is 7. The van der Waals surface area contributed by atoms with Gasteiger partial charge in [-0.25, -0.2) is 14.8 Å². The lowest BCUT2D eigenvalue weighted by Gasteiger charge is -2.32. The highest BCUT2D eigenvalue weighted by Crippen LogP contribution is 2.23. The van der Waals surface area contributed by atoms with Gasteiger partial charge in [-0.3, -0.25) is 4.90 Å². The normalized spacial score (nSPS) is 19.0. The summed E-state index contributed by atoms with van der Waals surface area (Å²) in [6, 6.07) is 13.3. The lowest BCUT2D eigenvalue weighted by molar-refractivity contribution is -0.138. The van der Waals surface area contributed by atoms with Gasteiger partial charge in [0.2, 0.25) is 0 Å². The predicted octanol–water partition coefficient (Wildman–Crippen LogP) is 3.92. The maximum Gasteiger partial charge on any atom is 0.326 e. The molecule has 0 aliphatic carbocycles. The van der Waals surface area contributed by atoms with Crippen LogP contribution in [0.15, 0.2) is 48.7 Å². The number of pyridine rings is 2. The van der Waals surface area contributed by atoms with E-state index in [1.807, 2.05) is 30.3 Å². The van der Waals surface area contributed by atoms with Gasteiger partial charge in [-0.05, 0) is 55.3 Å². The van der Waals surface area contributed by atoms with E-state index in [4.69, 9.17) is 9.72 Å². The van der Waals surface area contributed by atoms with Crippen molar-refractivity contribution in [3.8, 4) is 0 Å². The number of anilines is 2. The summed E-state index contributed by atoms with van der Waals surface area (Å²) in [6.45, 7) is 4.04. The lowest BCUT2D eigenvalue weighted by atomic mass is 10.1. The second-order valence-corrected chi connectivity index (χ2v) is 9.42. The second kappa shape index (κ2) is 11.0. The van der Waals surface area contributed by atoms with Crippen LogP contribution in [-0.2, 0) is 22.5 Å². The number of aromatic nitrogens is 2. The van der Waals surface area contributed by atoms with Crippen LogP contribution in [0, 0.1) is 0 Å². The molecule has 3 N–H and O–H groups in total. The number of aryl methyl sites for hydroxylation is 1. The van der Waals surface area contributed by atoms with Gasteiger partial charge in [-0.1, -0.05) is 30.3 Å². The minimum absolute atomic E-state index is 0.102. The molecule has 2 aliphatic rings. The van der Waals surface area contributed by atoms with E-state index in [1.165, 1.54) is 5.56 Å². The second-order valence-electron chi connectivity index (χ2n) is 9.42. The fourth-order valence-electron chi connectivity index (χ4n) is 4.99. The molecule has 2 aromatic heterocycles. The maximum atomic E-state index is 11.9. The third-order valence-corrected chi connectivity index (χ3v) is 6.84. The number of nitrogens with zero attached hydrogens (tertiary/aromatic N) is 3. The monoisotopic (exact) mass is 475 g/mol. The first-order chi connectivity index (χ1) is 17.2. The van der Waals surface area contributed by atoms with Gasteiger partial charge in [0.05, 0.1) is 11.8 Å².